The number of hydroxylamine groups is 1. The molecule has 0 heterocycles. The van der Waals surface area contributed by atoms with Gasteiger partial charge in [0.05, 0.1) is 48.7 Å². The van der Waals surface area contributed by atoms with E-state index in [0.717, 1.165) is 140 Å². The van der Waals surface area contributed by atoms with Crippen LogP contribution in [0.4, 0.5) is 0 Å². The molecule has 21 atom stereocenters. The predicted molar refractivity (Wildman–Crippen MR) is 433 cm³/mol. The van der Waals surface area contributed by atoms with Crippen LogP contribution in [-0.2, 0) is 76.5 Å². The number of fused-ring (bicyclic) bond motifs is 21. The average Bonchev–Trinajstić information content (AvgIpc) is 0.683. The average molecular weight is 1610 g/mol. The third-order valence-corrected chi connectivity index (χ3v) is 37.7. The van der Waals surface area contributed by atoms with Gasteiger partial charge < -0.3 is 14.2 Å². The van der Waals surface area contributed by atoms with Crippen LogP contribution in [0.15, 0.2) is 70.4 Å². The van der Waals surface area contributed by atoms with Crippen molar-refractivity contribution in [3.63, 3.8) is 0 Å². The largest absolute Gasteiger partial charge is 0.469 e. The Hall–Kier alpha value is -6.36. The molecule has 9 saturated carbocycles. The van der Waals surface area contributed by atoms with Crippen LogP contribution in [0.1, 0.15) is 280 Å². The minimum Gasteiger partial charge on any atom is -0.469 e. The monoisotopic (exact) mass is 1610 g/mol. The minimum atomic E-state index is -0.839. The van der Waals surface area contributed by atoms with Gasteiger partial charge in [0.25, 0.3) is 11.1 Å². The minimum absolute atomic E-state index is 0.00465. The van der Waals surface area contributed by atoms with Gasteiger partial charge in [-0.3, -0.25) is 57.9 Å². The number of hydrogen-bond donors (Lipinski definition) is 2. The normalized spacial score (nSPS) is 44.3. The Morgan fingerprint density at radius 1 is 0.409 bits per heavy atom. The number of rotatable bonds is 5. The molecule has 0 aromatic carbocycles. The van der Waals surface area contributed by atoms with Crippen molar-refractivity contribution in [2.24, 2.45) is 151 Å². The van der Waals surface area contributed by atoms with Crippen LogP contribution in [0.2, 0.25) is 0 Å². The number of amides is 1. The Balaban J connectivity index is 0.000000157. The highest BCUT2D eigenvalue weighted by Gasteiger charge is 2.76. The first-order valence-electron chi connectivity index (χ1n) is 42.8. The summed E-state index contributed by atoms with van der Waals surface area (Å²) in [6, 6.07) is 0. The van der Waals surface area contributed by atoms with Crippen molar-refractivity contribution in [1.82, 2.24) is 5.48 Å². The van der Waals surface area contributed by atoms with Crippen molar-refractivity contribution < 1.29 is 81.7 Å². The molecule has 0 aromatic heterocycles. The van der Waals surface area contributed by atoms with Gasteiger partial charge in [-0.2, -0.15) is 9.59 Å². The first-order chi connectivity index (χ1) is 52.9. The van der Waals surface area contributed by atoms with E-state index < -0.39 is 59.9 Å². The molecule has 18 nitrogen and oxygen atoms in total. The van der Waals surface area contributed by atoms with Crippen LogP contribution in [0.5, 0.6) is 0 Å². The molecule has 0 spiro atoms. The van der Waals surface area contributed by atoms with Crippen molar-refractivity contribution in [2.75, 3.05) is 21.3 Å². The Bertz CT molecular complexity index is 4470. The first-order valence-corrected chi connectivity index (χ1v) is 43.2. The van der Waals surface area contributed by atoms with Crippen molar-refractivity contribution in [2.45, 2.75) is 280 Å². The highest BCUT2D eigenvalue weighted by molar-refractivity contribution is 6.70. The van der Waals surface area contributed by atoms with Crippen LogP contribution in [0, 0.1) is 151 Å². The summed E-state index contributed by atoms with van der Waals surface area (Å²) in [7, 11) is 4.44. The lowest BCUT2D eigenvalue weighted by Gasteiger charge is -2.68. The summed E-state index contributed by atoms with van der Waals surface area (Å²) in [5.74, 6) is -2.10. The number of ketones is 6. The standard InChI is InChI=1S/C32H43ClO5.C32H45NO6.C31H44O4.CO2/c1-27(2)11-13-32(26(37)38-8)14-12-31(7)23(19(32)17-27)20(34)15-22-29(5)16-18(25(33)36)24(35)28(3,4)21(29)9-10-30(22,31)6;1-27(2)11-13-32(26(37)39-8)14-12-31(7)23(19(32)17-27)20(34)15-22-29(5)16-18(25(36)33-38)24(35)28(3,4)21(29)9-10-30(22,31)6;1-26(2)13-15-31(25(34)35-8)16-14-30(7)24(19(31)18-26)20(32)17-22-28(5)11-10-23(33)27(3,4)21(28)9-12-29(22,30)6;2-1-3/h15-16,19,21,23H,9-14,17H2,1-8H3;15-16,19,21,23,38H,9-14,17H2,1-8H3,(H,33,36);10-11,17,19,21,24H,9,12-16,18H2,1-8H3;/t2*19-,21-,23-,29-,30+,31+,32-;19-,21-,24-,28-,29+,30+,31-;/m000./s1. The van der Waals surface area contributed by atoms with Crippen LogP contribution < -0.4 is 5.48 Å². The zero-order valence-electron chi connectivity index (χ0n) is 73.4. The Morgan fingerprint density at radius 2 is 0.687 bits per heavy atom. The Labute approximate surface area is 687 Å². The highest BCUT2D eigenvalue weighted by Crippen LogP contribution is 2.79. The fourth-order valence-electron chi connectivity index (χ4n) is 30.5. The number of Topliss-reactive ketones (excluding diaryl/α,β-unsaturated/α-hetero) is 2. The van der Waals surface area contributed by atoms with Crippen molar-refractivity contribution in [3.8, 4) is 0 Å². The van der Waals surface area contributed by atoms with Gasteiger partial charge in [0.15, 0.2) is 34.7 Å². The third-order valence-electron chi connectivity index (χ3n) is 37.5. The molecule has 0 radical (unpaired) electrons. The summed E-state index contributed by atoms with van der Waals surface area (Å²) in [4.78, 5) is 164. The molecule has 630 valence electrons. The molecule has 15 rings (SSSR count). The van der Waals surface area contributed by atoms with Gasteiger partial charge in [-0.25, -0.2) is 5.48 Å². The van der Waals surface area contributed by atoms with E-state index in [1.807, 2.05) is 45.9 Å². The number of nitrogens with one attached hydrogen (secondary N) is 1. The van der Waals surface area contributed by atoms with E-state index in [1.54, 1.807) is 23.7 Å². The molecule has 15 aliphatic rings. The van der Waals surface area contributed by atoms with Gasteiger partial charge in [0.1, 0.15) is 0 Å². The van der Waals surface area contributed by atoms with Gasteiger partial charge >= 0.3 is 24.1 Å². The molecule has 0 aromatic rings. The molecule has 0 saturated heterocycles. The molecular formula is C96H132ClNO17. The molecule has 0 aliphatic heterocycles. The number of ether oxygens (including phenoxy) is 3. The molecule has 15 aliphatic carbocycles. The third kappa shape index (κ3) is 12.1. The second-order valence-corrected chi connectivity index (χ2v) is 45.3. The summed E-state index contributed by atoms with van der Waals surface area (Å²) in [5, 5.41) is 8.69. The van der Waals surface area contributed by atoms with Crippen LogP contribution in [0.25, 0.3) is 0 Å². The number of hydrogen-bond acceptors (Lipinski definition) is 17. The van der Waals surface area contributed by atoms with Crippen LogP contribution >= 0.6 is 11.6 Å². The van der Waals surface area contributed by atoms with E-state index in [1.165, 1.54) is 26.9 Å². The molecule has 115 heavy (non-hydrogen) atoms. The lowest BCUT2D eigenvalue weighted by Crippen LogP contribution is -2.66. The van der Waals surface area contributed by atoms with E-state index in [0.29, 0.717) is 6.42 Å². The van der Waals surface area contributed by atoms with E-state index in [2.05, 4.69) is 124 Å². The SMILES string of the molecule is COC(=O)[C@]12CCC(C)(C)C[C@H]1[C@H]1C(=O)C=C3[C@@]4(C)C=C(C(=O)Cl)C(=O)C(C)(C)[C@@H]4CC[C@@]3(C)[C@]1(C)CC2.COC(=O)[C@]12CCC(C)(C)C[C@H]1[C@H]1C(=O)C=C3[C@@]4(C)C=C(C(=O)NO)C(=O)C(C)(C)[C@@H]4CC[C@@]3(C)[C@]1(C)CC2.COC(=O)[C@]12CCC(C)(C)C[C@H]1[C@H]1C(=O)C=C3[C@@]4(C)C=CC(=O)C(C)(C)[C@@H]4CC[C@@]3(C)[C@]1(C)CC2.O=C=O. The summed E-state index contributed by atoms with van der Waals surface area (Å²) in [5.41, 5.74) is -2.27. The lowest BCUT2D eigenvalue weighted by molar-refractivity contribution is -0.193. The highest BCUT2D eigenvalue weighted by atomic mass is 35.5. The van der Waals surface area contributed by atoms with Crippen molar-refractivity contribution in [3.05, 3.63) is 70.4 Å². The van der Waals surface area contributed by atoms with Crippen LogP contribution in [-0.4, -0.2) is 96.4 Å². The van der Waals surface area contributed by atoms with Crippen molar-refractivity contribution in [1.29, 1.82) is 0 Å². The fraction of sp³-hybridized carbons (Fsp3) is 0.750. The summed E-state index contributed by atoms with van der Waals surface area (Å²) >= 11 is 5.95. The number of halogens is 1. The summed E-state index contributed by atoms with van der Waals surface area (Å²) in [6.07, 6.45) is 30.8. The number of allylic oxidation sites excluding steroid dienone is 11. The predicted octanol–water partition coefficient (Wildman–Crippen LogP) is 17.9. The second kappa shape index (κ2) is 27.9. The first kappa shape index (κ1) is 87.9. The molecule has 2 N–H and O–H groups in total. The van der Waals surface area contributed by atoms with Crippen molar-refractivity contribution >= 4 is 81.5 Å². The van der Waals surface area contributed by atoms with E-state index >= 15 is 0 Å². The Kier molecular flexibility index (Phi) is 21.3. The lowest BCUT2D eigenvalue weighted by atomic mass is 9.34. The Morgan fingerprint density at radius 3 is 0.983 bits per heavy atom. The van der Waals surface area contributed by atoms with E-state index in [4.69, 9.17) is 35.4 Å². The molecule has 0 bridgehead atoms. The molecule has 1 amide bonds. The topological polar surface area (TPSA) is 282 Å². The van der Waals surface area contributed by atoms with Gasteiger partial charge in [-0.1, -0.05) is 180 Å². The second-order valence-electron chi connectivity index (χ2n) is 45.0. The zero-order valence-corrected chi connectivity index (χ0v) is 74.2. The molecular weight excluding hydrogens is 1470 g/mol. The summed E-state index contributed by atoms with van der Waals surface area (Å²) in [6.45, 7) is 45.5. The molecule has 19 heteroatoms. The zero-order chi connectivity index (χ0) is 85.8. The maximum atomic E-state index is 14.4. The number of methoxy groups -OCH3 is 3. The van der Waals surface area contributed by atoms with E-state index in [9.17, 15) is 57.9 Å². The van der Waals surface area contributed by atoms with Gasteiger partial charge in [0, 0.05) is 50.2 Å². The maximum Gasteiger partial charge on any atom is 0.373 e. The quantitative estimate of drug-likeness (QED) is 0.0646. The van der Waals surface area contributed by atoms with Gasteiger partial charge in [-0.15, -0.1) is 0 Å². The molecule has 0 unspecified atom stereocenters. The summed E-state index contributed by atoms with van der Waals surface area (Å²) < 4.78 is 16.2. The maximum absolute atomic E-state index is 14.4. The molecule has 9 fully saturated rings. The number of esters is 3. The number of carbonyl (C=O) groups excluding carboxylic acids is 13. The van der Waals surface area contributed by atoms with Gasteiger partial charge in [-0.05, 0) is 255 Å². The van der Waals surface area contributed by atoms with Gasteiger partial charge in [0.2, 0.25) is 0 Å². The smallest absolute Gasteiger partial charge is 0.373 e. The van der Waals surface area contributed by atoms with Crippen LogP contribution in [0.3, 0.4) is 0 Å². The fourth-order valence-corrected chi connectivity index (χ4v) is 30.6. The number of carbonyl (C=O) groups is 11. The van der Waals surface area contributed by atoms with E-state index in [-0.39, 0.29) is 172 Å².